The molecule has 0 unspecified atom stereocenters. The third kappa shape index (κ3) is 2.44. The highest BCUT2D eigenvalue weighted by atomic mass is 35.5. The number of hydrogen-bond acceptors (Lipinski definition) is 2. The first-order valence-corrected chi connectivity index (χ1v) is 3.36. The summed E-state index contributed by atoms with van der Waals surface area (Å²) in [5.74, 6) is -0.348. The highest BCUT2D eigenvalue weighted by Gasteiger charge is 1.99. The minimum Gasteiger partial charge on any atom is -0.392 e. The first-order chi connectivity index (χ1) is 5.27. The van der Waals surface area contributed by atoms with Gasteiger partial charge in [-0.1, -0.05) is 12.1 Å². The van der Waals surface area contributed by atoms with E-state index in [1.165, 1.54) is 6.07 Å². The Hall–Kier alpha value is -0.640. The number of rotatable bonds is 2. The van der Waals surface area contributed by atoms with Crippen LogP contribution >= 0.6 is 12.4 Å². The predicted octanol–water partition coefficient (Wildman–Crippen LogP) is 1.20. The molecule has 0 atom stereocenters. The molecule has 0 aromatic heterocycles. The summed E-state index contributed by atoms with van der Waals surface area (Å²) < 4.78 is 12.8. The van der Waals surface area contributed by atoms with Crippen LogP contribution in [-0.4, -0.2) is 5.11 Å². The molecule has 0 fully saturated rings. The standard InChI is InChI=1S/C8H10FNO.ClH/c9-8-3-6(5-11)1-2-7(8)4-10;/h1-3,11H,4-5,10H2;1H. The summed E-state index contributed by atoms with van der Waals surface area (Å²) in [6.07, 6.45) is 0. The van der Waals surface area contributed by atoms with E-state index in [4.69, 9.17) is 10.8 Å². The van der Waals surface area contributed by atoms with Crippen LogP contribution in [-0.2, 0) is 13.2 Å². The van der Waals surface area contributed by atoms with Gasteiger partial charge in [-0.05, 0) is 11.6 Å². The van der Waals surface area contributed by atoms with Gasteiger partial charge >= 0.3 is 0 Å². The van der Waals surface area contributed by atoms with E-state index in [9.17, 15) is 4.39 Å². The summed E-state index contributed by atoms with van der Waals surface area (Å²) in [6, 6.07) is 4.54. The molecule has 0 amide bonds. The summed E-state index contributed by atoms with van der Waals surface area (Å²) in [6.45, 7) is 0.0549. The zero-order valence-corrected chi connectivity index (χ0v) is 7.27. The summed E-state index contributed by atoms with van der Waals surface area (Å²) >= 11 is 0. The topological polar surface area (TPSA) is 46.2 Å². The van der Waals surface area contributed by atoms with Gasteiger partial charge in [-0.2, -0.15) is 0 Å². The van der Waals surface area contributed by atoms with E-state index in [2.05, 4.69) is 0 Å². The Balaban J connectivity index is 0.00000121. The smallest absolute Gasteiger partial charge is 0.128 e. The van der Waals surface area contributed by atoms with E-state index in [1.54, 1.807) is 12.1 Å². The highest BCUT2D eigenvalue weighted by Crippen LogP contribution is 2.09. The average Bonchev–Trinajstić information content (AvgIpc) is 2.04. The number of nitrogens with two attached hydrogens (primary N) is 1. The molecule has 0 saturated carbocycles. The van der Waals surface area contributed by atoms with Crippen molar-refractivity contribution in [2.75, 3.05) is 0 Å². The van der Waals surface area contributed by atoms with Crippen LogP contribution in [0.25, 0.3) is 0 Å². The molecule has 1 aromatic rings. The first kappa shape index (κ1) is 11.4. The normalized spacial score (nSPS) is 9.25. The highest BCUT2D eigenvalue weighted by molar-refractivity contribution is 5.85. The number of benzene rings is 1. The second-order valence-corrected chi connectivity index (χ2v) is 2.29. The summed E-state index contributed by atoms with van der Waals surface area (Å²) in [7, 11) is 0. The second kappa shape index (κ2) is 5.09. The van der Waals surface area contributed by atoms with Crippen LogP contribution in [0.15, 0.2) is 18.2 Å². The fraction of sp³-hybridized carbons (Fsp3) is 0.250. The number of hydrogen-bond donors (Lipinski definition) is 2. The minimum absolute atomic E-state index is 0. The third-order valence-electron chi connectivity index (χ3n) is 1.52. The molecule has 1 aromatic carbocycles. The lowest BCUT2D eigenvalue weighted by Crippen LogP contribution is -2.00. The molecular weight excluding hydrogens is 181 g/mol. The molecule has 4 heteroatoms. The first-order valence-electron chi connectivity index (χ1n) is 3.36. The quantitative estimate of drug-likeness (QED) is 0.738. The maximum Gasteiger partial charge on any atom is 0.128 e. The summed E-state index contributed by atoms with van der Waals surface area (Å²) in [4.78, 5) is 0. The van der Waals surface area contributed by atoms with Gasteiger partial charge in [0.05, 0.1) is 6.61 Å². The number of halogens is 2. The molecule has 0 saturated heterocycles. The molecule has 2 nitrogen and oxygen atoms in total. The molecule has 0 spiro atoms. The van der Waals surface area contributed by atoms with Crippen molar-refractivity contribution in [3.63, 3.8) is 0 Å². The van der Waals surface area contributed by atoms with Crippen LogP contribution in [0.3, 0.4) is 0 Å². The van der Waals surface area contributed by atoms with Crippen molar-refractivity contribution < 1.29 is 9.50 Å². The molecule has 0 aliphatic carbocycles. The van der Waals surface area contributed by atoms with Gasteiger partial charge in [-0.15, -0.1) is 12.4 Å². The van der Waals surface area contributed by atoms with Gasteiger partial charge in [-0.3, -0.25) is 0 Å². The molecule has 0 aliphatic heterocycles. The number of aliphatic hydroxyl groups is 1. The average molecular weight is 192 g/mol. The van der Waals surface area contributed by atoms with E-state index in [1.807, 2.05) is 0 Å². The monoisotopic (exact) mass is 191 g/mol. The Labute approximate surface area is 76.6 Å². The van der Waals surface area contributed by atoms with Crippen LogP contribution in [0.1, 0.15) is 11.1 Å². The van der Waals surface area contributed by atoms with Gasteiger partial charge in [0.2, 0.25) is 0 Å². The Bertz CT molecular complexity index is 255. The zero-order chi connectivity index (χ0) is 8.27. The van der Waals surface area contributed by atoms with E-state index in [-0.39, 0.29) is 31.4 Å². The molecule has 3 N–H and O–H groups in total. The van der Waals surface area contributed by atoms with Crippen molar-refractivity contribution in [1.82, 2.24) is 0 Å². The van der Waals surface area contributed by atoms with Crippen LogP contribution < -0.4 is 5.73 Å². The molecule has 1 rings (SSSR count). The van der Waals surface area contributed by atoms with Gasteiger partial charge in [-0.25, -0.2) is 4.39 Å². The summed E-state index contributed by atoms with van der Waals surface area (Å²) in [5, 5.41) is 8.63. The van der Waals surface area contributed by atoms with Crippen LogP contribution in [0.4, 0.5) is 4.39 Å². The minimum atomic E-state index is -0.348. The maximum absolute atomic E-state index is 12.8. The lowest BCUT2D eigenvalue weighted by atomic mass is 10.1. The van der Waals surface area contributed by atoms with E-state index in [0.717, 1.165) is 0 Å². The van der Waals surface area contributed by atoms with Crippen molar-refractivity contribution in [1.29, 1.82) is 0 Å². The van der Waals surface area contributed by atoms with Gasteiger partial charge in [0.15, 0.2) is 0 Å². The Morgan fingerprint density at radius 2 is 2.08 bits per heavy atom. The molecule has 0 aliphatic rings. The van der Waals surface area contributed by atoms with Crippen molar-refractivity contribution >= 4 is 12.4 Å². The van der Waals surface area contributed by atoms with Gasteiger partial charge in [0, 0.05) is 12.1 Å². The van der Waals surface area contributed by atoms with Crippen LogP contribution in [0.5, 0.6) is 0 Å². The van der Waals surface area contributed by atoms with Crippen molar-refractivity contribution in [2.24, 2.45) is 5.73 Å². The van der Waals surface area contributed by atoms with Crippen molar-refractivity contribution in [3.05, 3.63) is 35.1 Å². The Kier molecular flexibility index (Phi) is 4.81. The Morgan fingerprint density at radius 1 is 1.42 bits per heavy atom. The van der Waals surface area contributed by atoms with Gasteiger partial charge in [0.25, 0.3) is 0 Å². The largest absolute Gasteiger partial charge is 0.392 e. The van der Waals surface area contributed by atoms with Gasteiger partial charge < -0.3 is 10.8 Å². The number of aliphatic hydroxyl groups excluding tert-OH is 1. The van der Waals surface area contributed by atoms with Crippen molar-refractivity contribution in [3.8, 4) is 0 Å². The SMILES string of the molecule is Cl.NCc1ccc(CO)cc1F. The molecule has 68 valence electrons. The predicted molar refractivity (Wildman–Crippen MR) is 47.5 cm³/mol. The third-order valence-corrected chi connectivity index (χ3v) is 1.52. The lowest BCUT2D eigenvalue weighted by molar-refractivity contribution is 0.281. The fourth-order valence-electron chi connectivity index (χ4n) is 0.855. The van der Waals surface area contributed by atoms with Crippen LogP contribution in [0.2, 0.25) is 0 Å². The molecule has 0 bridgehead atoms. The van der Waals surface area contributed by atoms with Crippen LogP contribution in [0, 0.1) is 5.82 Å². The van der Waals surface area contributed by atoms with E-state index < -0.39 is 0 Å². The van der Waals surface area contributed by atoms with Gasteiger partial charge in [0.1, 0.15) is 5.82 Å². The lowest BCUT2D eigenvalue weighted by Gasteiger charge is -2.00. The fourth-order valence-corrected chi connectivity index (χ4v) is 0.855. The molecule has 0 heterocycles. The molecular formula is C8H11ClFNO. The molecule has 0 radical (unpaired) electrons. The summed E-state index contributed by atoms with van der Waals surface area (Å²) in [5.41, 5.74) is 6.28. The van der Waals surface area contributed by atoms with E-state index in [0.29, 0.717) is 11.1 Å². The zero-order valence-electron chi connectivity index (χ0n) is 6.46. The van der Waals surface area contributed by atoms with Crippen molar-refractivity contribution in [2.45, 2.75) is 13.2 Å². The Morgan fingerprint density at radius 3 is 2.50 bits per heavy atom. The second-order valence-electron chi connectivity index (χ2n) is 2.29. The maximum atomic E-state index is 12.8. The van der Waals surface area contributed by atoms with E-state index >= 15 is 0 Å². The molecule has 12 heavy (non-hydrogen) atoms.